The van der Waals surface area contributed by atoms with Gasteiger partial charge >= 0.3 is 0 Å². The zero-order valence-electron chi connectivity index (χ0n) is 16.6. The number of benzene rings is 1. The lowest BCUT2D eigenvalue weighted by Crippen LogP contribution is -2.08. The molecule has 4 aromatic rings. The van der Waals surface area contributed by atoms with Gasteiger partial charge in [0.15, 0.2) is 0 Å². The summed E-state index contributed by atoms with van der Waals surface area (Å²) in [5.41, 5.74) is 4.30. The maximum atomic E-state index is 5.48. The lowest BCUT2D eigenvalue weighted by molar-refractivity contribution is 0.396. The lowest BCUT2D eigenvalue weighted by atomic mass is 10.1. The van der Waals surface area contributed by atoms with E-state index in [1.807, 2.05) is 60.2 Å². The minimum atomic E-state index is 0.132. The quantitative estimate of drug-likeness (QED) is 0.535. The van der Waals surface area contributed by atoms with E-state index >= 15 is 0 Å². The highest BCUT2D eigenvalue weighted by Crippen LogP contribution is 2.25. The Morgan fingerprint density at radius 2 is 1.76 bits per heavy atom. The molecule has 0 saturated heterocycles. The van der Waals surface area contributed by atoms with Crippen molar-refractivity contribution < 1.29 is 4.74 Å². The lowest BCUT2D eigenvalue weighted by Gasteiger charge is -2.14. The smallest absolute Gasteiger partial charge is 0.238 e. The Morgan fingerprint density at radius 3 is 2.41 bits per heavy atom. The molecule has 0 aliphatic carbocycles. The van der Waals surface area contributed by atoms with Gasteiger partial charge in [0.2, 0.25) is 5.88 Å². The molecule has 0 aliphatic heterocycles. The SMILES string of the molecule is COc1nc(-c2ccc(N[C@@H](C)c3ccccc3)nn2)ccc1-n1cnc(C)c1. The average Bonchev–Trinajstić information content (AvgIpc) is 3.20. The fourth-order valence-corrected chi connectivity index (χ4v) is 3.07. The van der Waals surface area contributed by atoms with Crippen molar-refractivity contribution in [1.29, 1.82) is 0 Å². The van der Waals surface area contributed by atoms with Gasteiger partial charge in [0.1, 0.15) is 17.2 Å². The maximum Gasteiger partial charge on any atom is 0.238 e. The number of anilines is 1. The number of methoxy groups -OCH3 is 1. The van der Waals surface area contributed by atoms with Gasteiger partial charge in [-0.15, -0.1) is 10.2 Å². The Hall–Kier alpha value is -3.74. The van der Waals surface area contributed by atoms with E-state index < -0.39 is 0 Å². The van der Waals surface area contributed by atoms with Crippen molar-refractivity contribution >= 4 is 5.82 Å². The number of aryl methyl sites for hydroxylation is 1. The molecule has 4 rings (SSSR count). The van der Waals surface area contributed by atoms with E-state index in [4.69, 9.17) is 4.74 Å². The van der Waals surface area contributed by atoms with Crippen molar-refractivity contribution in [2.24, 2.45) is 0 Å². The molecule has 1 atom stereocenters. The Labute approximate surface area is 169 Å². The molecule has 0 spiro atoms. The molecule has 0 bridgehead atoms. The van der Waals surface area contributed by atoms with Crippen LogP contribution in [0.4, 0.5) is 5.82 Å². The number of nitrogens with zero attached hydrogens (tertiary/aromatic N) is 5. The molecule has 0 fully saturated rings. The molecule has 7 heteroatoms. The van der Waals surface area contributed by atoms with Crippen LogP contribution in [0.5, 0.6) is 5.88 Å². The average molecular weight is 386 g/mol. The molecular weight excluding hydrogens is 364 g/mol. The number of hydrogen-bond donors (Lipinski definition) is 1. The Morgan fingerprint density at radius 1 is 0.966 bits per heavy atom. The number of pyridine rings is 1. The minimum absolute atomic E-state index is 0.132. The molecular formula is C22H22N6O. The molecule has 29 heavy (non-hydrogen) atoms. The first-order valence-corrected chi connectivity index (χ1v) is 9.35. The second-order valence-electron chi connectivity index (χ2n) is 6.73. The number of imidazole rings is 1. The second kappa shape index (κ2) is 8.10. The first-order chi connectivity index (χ1) is 14.1. The van der Waals surface area contributed by atoms with Gasteiger partial charge in [-0.25, -0.2) is 9.97 Å². The van der Waals surface area contributed by atoms with Crippen molar-refractivity contribution in [2.45, 2.75) is 19.9 Å². The largest absolute Gasteiger partial charge is 0.479 e. The summed E-state index contributed by atoms with van der Waals surface area (Å²) in [6.45, 7) is 4.03. The molecule has 146 valence electrons. The monoisotopic (exact) mass is 386 g/mol. The van der Waals surface area contributed by atoms with Gasteiger partial charge in [-0.2, -0.15) is 0 Å². The van der Waals surface area contributed by atoms with Crippen LogP contribution in [-0.4, -0.2) is 31.8 Å². The van der Waals surface area contributed by atoms with Crippen LogP contribution >= 0.6 is 0 Å². The summed E-state index contributed by atoms with van der Waals surface area (Å²) in [6.07, 6.45) is 3.66. The van der Waals surface area contributed by atoms with Crippen LogP contribution in [0.2, 0.25) is 0 Å². The van der Waals surface area contributed by atoms with Gasteiger partial charge < -0.3 is 14.6 Å². The van der Waals surface area contributed by atoms with Gasteiger partial charge in [-0.1, -0.05) is 30.3 Å². The number of rotatable bonds is 6. The highest BCUT2D eigenvalue weighted by molar-refractivity contribution is 5.59. The summed E-state index contributed by atoms with van der Waals surface area (Å²) in [7, 11) is 1.60. The Bertz CT molecular complexity index is 1090. The standard InChI is InChI=1S/C22H22N6O/c1-15-13-28(14-23-15)20-11-9-18(25-22(20)29-3)19-10-12-21(27-26-19)24-16(2)17-7-5-4-6-8-17/h4-14,16H,1-3H3,(H,24,27)/t16-/m0/s1. The van der Waals surface area contributed by atoms with E-state index in [1.54, 1.807) is 13.4 Å². The highest BCUT2D eigenvalue weighted by atomic mass is 16.5. The Kier molecular flexibility index (Phi) is 5.20. The van der Waals surface area contributed by atoms with E-state index in [-0.39, 0.29) is 6.04 Å². The van der Waals surface area contributed by atoms with Crippen molar-refractivity contribution in [3.8, 4) is 23.0 Å². The van der Waals surface area contributed by atoms with Crippen LogP contribution in [0.3, 0.4) is 0 Å². The van der Waals surface area contributed by atoms with E-state index in [2.05, 4.69) is 44.5 Å². The molecule has 0 unspecified atom stereocenters. The summed E-state index contributed by atoms with van der Waals surface area (Å²) >= 11 is 0. The second-order valence-corrected chi connectivity index (χ2v) is 6.73. The molecule has 1 N–H and O–H groups in total. The van der Waals surface area contributed by atoms with Crippen LogP contribution in [0.1, 0.15) is 24.2 Å². The van der Waals surface area contributed by atoms with Crippen LogP contribution in [0, 0.1) is 6.92 Å². The van der Waals surface area contributed by atoms with Gasteiger partial charge in [0, 0.05) is 12.2 Å². The van der Waals surface area contributed by atoms with Crippen LogP contribution in [0.15, 0.2) is 67.1 Å². The zero-order chi connectivity index (χ0) is 20.2. The number of ether oxygens (including phenoxy) is 1. The van der Waals surface area contributed by atoms with E-state index in [0.717, 1.165) is 11.4 Å². The summed E-state index contributed by atoms with van der Waals surface area (Å²) in [5.74, 6) is 1.21. The highest BCUT2D eigenvalue weighted by Gasteiger charge is 2.12. The predicted octanol–water partition coefficient (Wildman–Crippen LogP) is 4.21. The van der Waals surface area contributed by atoms with E-state index in [1.165, 1.54) is 5.56 Å². The third kappa shape index (κ3) is 4.08. The third-order valence-electron chi connectivity index (χ3n) is 4.61. The van der Waals surface area contributed by atoms with Gasteiger partial charge in [0.05, 0.1) is 24.8 Å². The van der Waals surface area contributed by atoms with E-state index in [9.17, 15) is 0 Å². The number of nitrogens with one attached hydrogen (secondary N) is 1. The normalized spacial score (nSPS) is 11.8. The molecule has 3 aromatic heterocycles. The van der Waals surface area contributed by atoms with Gasteiger partial charge in [0.25, 0.3) is 0 Å². The van der Waals surface area contributed by atoms with Crippen LogP contribution in [-0.2, 0) is 0 Å². The predicted molar refractivity (Wildman–Crippen MR) is 112 cm³/mol. The third-order valence-corrected chi connectivity index (χ3v) is 4.61. The molecule has 0 amide bonds. The zero-order valence-corrected chi connectivity index (χ0v) is 16.6. The summed E-state index contributed by atoms with van der Waals surface area (Å²) in [5, 5.41) is 12.0. The Balaban J connectivity index is 1.54. The maximum absolute atomic E-state index is 5.48. The van der Waals surface area contributed by atoms with Crippen LogP contribution in [0.25, 0.3) is 17.1 Å². The van der Waals surface area contributed by atoms with Gasteiger partial charge in [-0.3, -0.25) is 0 Å². The summed E-state index contributed by atoms with van der Waals surface area (Å²) in [6, 6.07) is 18.0. The molecule has 0 aliphatic rings. The fourth-order valence-electron chi connectivity index (χ4n) is 3.07. The first kappa shape index (κ1) is 18.6. The molecule has 3 heterocycles. The minimum Gasteiger partial charge on any atom is -0.479 e. The molecule has 0 radical (unpaired) electrons. The molecule has 0 saturated carbocycles. The van der Waals surface area contributed by atoms with Crippen LogP contribution < -0.4 is 10.1 Å². The van der Waals surface area contributed by atoms with Crippen molar-refractivity contribution in [3.63, 3.8) is 0 Å². The first-order valence-electron chi connectivity index (χ1n) is 9.35. The molecule has 7 nitrogen and oxygen atoms in total. The van der Waals surface area contributed by atoms with Crippen molar-refractivity contribution in [3.05, 3.63) is 78.4 Å². The fraction of sp³-hybridized carbons (Fsp3) is 0.182. The summed E-state index contributed by atoms with van der Waals surface area (Å²) < 4.78 is 7.36. The number of hydrogen-bond acceptors (Lipinski definition) is 6. The van der Waals surface area contributed by atoms with Crippen molar-refractivity contribution in [1.82, 2.24) is 24.7 Å². The summed E-state index contributed by atoms with van der Waals surface area (Å²) in [4.78, 5) is 8.85. The van der Waals surface area contributed by atoms with Gasteiger partial charge in [-0.05, 0) is 43.7 Å². The van der Waals surface area contributed by atoms with Crippen molar-refractivity contribution in [2.75, 3.05) is 12.4 Å². The van der Waals surface area contributed by atoms with E-state index in [0.29, 0.717) is 23.1 Å². The topological polar surface area (TPSA) is 77.8 Å². The molecule has 1 aromatic carbocycles. The number of aromatic nitrogens is 5.